The molecule has 0 aromatic heterocycles. The van der Waals surface area contributed by atoms with Gasteiger partial charge in [0.2, 0.25) is 0 Å². The number of anilines is 1. The van der Waals surface area contributed by atoms with Crippen molar-refractivity contribution in [1.29, 1.82) is 0 Å². The number of halogens is 3. The first-order valence-corrected chi connectivity index (χ1v) is 9.83. The SMILES string of the molecule is COc1ccc(NCc2ccc(OCc3ccc(Cl)cc3)c(Br)c2)cc1Cl. The summed E-state index contributed by atoms with van der Waals surface area (Å²) >= 11 is 15.6. The Morgan fingerprint density at radius 2 is 1.59 bits per heavy atom. The van der Waals surface area contributed by atoms with Crippen LogP contribution >= 0.6 is 39.1 Å². The van der Waals surface area contributed by atoms with E-state index in [-0.39, 0.29) is 0 Å². The molecule has 6 heteroatoms. The van der Waals surface area contributed by atoms with Crippen LogP contribution in [-0.4, -0.2) is 7.11 Å². The molecule has 3 aromatic carbocycles. The fraction of sp³-hybridized carbons (Fsp3) is 0.143. The van der Waals surface area contributed by atoms with Crippen molar-refractivity contribution >= 4 is 44.8 Å². The van der Waals surface area contributed by atoms with Gasteiger partial charge in [0.25, 0.3) is 0 Å². The summed E-state index contributed by atoms with van der Waals surface area (Å²) in [6.45, 7) is 1.15. The third-order valence-electron chi connectivity index (χ3n) is 3.95. The fourth-order valence-corrected chi connectivity index (χ4v) is 3.42. The van der Waals surface area contributed by atoms with Crippen LogP contribution in [0.15, 0.2) is 65.1 Å². The zero-order valence-electron chi connectivity index (χ0n) is 14.6. The molecule has 3 rings (SSSR count). The Kier molecular flexibility index (Phi) is 6.89. The van der Waals surface area contributed by atoms with Gasteiger partial charge >= 0.3 is 0 Å². The van der Waals surface area contributed by atoms with Crippen molar-refractivity contribution in [2.45, 2.75) is 13.2 Å². The molecular weight excluding hydrogens is 449 g/mol. The van der Waals surface area contributed by atoms with E-state index in [9.17, 15) is 0 Å². The highest BCUT2D eigenvalue weighted by atomic mass is 79.9. The number of hydrogen-bond acceptors (Lipinski definition) is 3. The van der Waals surface area contributed by atoms with E-state index in [1.165, 1.54) is 0 Å². The smallest absolute Gasteiger partial charge is 0.137 e. The van der Waals surface area contributed by atoms with Gasteiger partial charge in [-0.2, -0.15) is 0 Å². The van der Waals surface area contributed by atoms with E-state index >= 15 is 0 Å². The molecule has 0 aliphatic rings. The summed E-state index contributed by atoms with van der Waals surface area (Å²) in [5, 5.41) is 4.64. The van der Waals surface area contributed by atoms with E-state index < -0.39 is 0 Å². The summed E-state index contributed by atoms with van der Waals surface area (Å²) in [6.07, 6.45) is 0. The monoisotopic (exact) mass is 465 g/mol. The first-order valence-electron chi connectivity index (χ1n) is 8.28. The van der Waals surface area contributed by atoms with Crippen molar-refractivity contribution in [3.05, 3.63) is 86.3 Å². The molecule has 0 bridgehead atoms. The maximum absolute atomic E-state index is 6.15. The van der Waals surface area contributed by atoms with E-state index in [1.807, 2.05) is 60.7 Å². The Bertz CT molecular complexity index is 917. The lowest BCUT2D eigenvalue weighted by Gasteiger charge is -2.12. The van der Waals surface area contributed by atoms with E-state index in [4.69, 9.17) is 32.7 Å². The van der Waals surface area contributed by atoms with Gasteiger partial charge in [0, 0.05) is 17.3 Å². The van der Waals surface area contributed by atoms with Crippen LogP contribution in [0.3, 0.4) is 0 Å². The van der Waals surface area contributed by atoms with Crippen LogP contribution < -0.4 is 14.8 Å². The van der Waals surface area contributed by atoms with E-state index in [0.717, 1.165) is 32.1 Å². The summed E-state index contributed by atoms with van der Waals surface area (Å²) in [5.74, 6) is 1.45. The predicted molar refractivity (Wildman–Crippen MR) is 115 cm³/mol. The summed E-state index contributed by atoms with van der Waals surface area (Å²) in [4.78, 5) is 0. The average molecular weight is 467 g/mol. The van der Waals surface area contributed by atoms with Crippen molar-refractivity contribution in [1.82, 2.24) is 0 Å². The molecule has 0 aliphatic carbocycles. The normalized spacial score (nSPS) is 10.5. The van der Waals surface area contributed by atoms with Crippen molar-refractivity contribution in [3.8, 4) is 11.5 Å². The molecular formula is C21H18BrCl2NO2. The maximum Gasteiger partial charge on any atom is 0.137 e. The number of nitrogens with one attached hydrogen (secondary N) is 1. The molecule has 1 N–H and O–H groups in total. The van der Waals surface area contributed by atoms with Gasteiger partial charge in [-0.25, -0.2) is 0 Å². The first kappa shape index (κ1) is 19.9. The summed E-state index contributed by atoms with van der Waals surface area (Å²) in [6, 6.07) is 19.3. The van der Waals surface area contributed by atoms with Crippen molar-refractivity contribution in [3.63, 3.8) is 0 Å². The molecule has 0 atom stereocenters. The minimum atomic E-state index is 0.484. The van der Waals surface area contributed by atoms with Crippen LogP contribution in [0.1, 0.15) is 11.1 Å². The van der Waals surface area contributed by atoms with Crippen LogP contribution in [0.25, 0.3) is 0 Å². The second-order valence-corrected chi connectivity index (χ2v) is 7.58. The van der Waals surface area contributed by atoms with Gasteiger partial charge < -0.3 is 14.8 Å². The summed E-state index contributed by atoms with van der Waals surface area (Å²) in [5.41, 5.74) is 3.11. The quantitative estimate of drug-likeness (QED) is 0.408. The minimum Gasteiger partial charge on any atom is -0.495 e. The van der Waals surface area contributed by atoms with E-state index in [1.54, 1.807) is 7.11 Å². The molecule has 0 aliphatic heterocycles. The van der Waals surface area contributed by atoms with Crippen LogP contribution in [-0.2, 0) is 13.2 Å². The standard InChI is InChI=1S/C21H18BrCl2NO2/c1-26-21-9-7-17(11-19(21)24)25-12-15-4-8-20(18(22)10-15)27-13-14-2-5-16(23)6-3-14/h2-11,25H,12-13H2,1H3. The van der Waals surface area contributed by atoms with Gasteiger partial charge in [0.15, 0.2) is 0 Å². The third-order valence-corrected chi connectivity index (χ3v) is 5.12. The number of benzene rings is 3. The van der Waals surface area contributed by atoms with Gasteiger partial charge in [-0.1, -0.05) is 41.4 Å². The lowest BCUT2D eigenvalue weighted by atomic mass is 10.2. The highest BCUT2D eigenvalue weighted by Crippen LogP contribution is 2.29. The third kappa shape index (κ3) is 5.55. The molecule has 0 radical (unpaired) electrons. The Morgan fingerprint density at radius 3 is 2.26 bits per heavy atom. The molecule has 0 fully saturated rings. The molecule has 3 aromatic rings. The highest BCUT2D eigenvalue weighted by Gasteiger charge is 2.05. The molecule has 0 amide bonds. The van der Waals surface area contributed by atoms with Gasteiger partial charge in [-0.05, 0) is 69.5 Å². The zero-order valence-corrected chi connectivity index (χ0v) is 17.7. The molecule has 3 nitrogen and oxygen atoms in total. The van der Waals surface area contributed by atoms with Crippen molar-refractivity contribution in [2.75, 3.05) is 12.4 Å². The van der Waals surface area contributed by atoms with Crippen LogP contribution in [0.4, 0.5) is 5.69 Å². The minimum absolute atomic E-state index is 0.484. The summed E-state index contributed by atoms with van der Waals surface area (Å²) in [7, 11) is 1.60. The highest BCUT2D eigenvalue weighted by molar-refractivity contribution is 9.10. The van der Waals surface area contributed by atoms with E-state index in [2.05, 4.69) is 21.2 Å². The fourth-order valence-electron chi connectivity index (χ4n) is 2.49. The molecule has 140 valence electrons. The second-order valence-electron chi connectivity index (χ2n) is 5.88. The lowest BCUT2D eigenvalue weighted by molar-refractivity contribution is 0.304. The Morgan fingerprint density at radius 1 is 0.889 bits per heavy atom. The van der Waals surface area contributed by atoms with Gasteiger partial charge in [-0.15, -0.1) is 0 Å². The Balaban J connectivity index is 1.59. The predicted octanol–water partition coefficient (Wildman–Crippen LogP) is 6.96. The summed E-state index contributed by atoms with van der Waals surface area (Å²) < 4.78 is 12.0. The molecule has 0 saturated carbocycles. The number of rotatable bonds is 7. The number of methoxy groups -OCH3 is 1. The average Bonchev–Trinajstić information content (AvgIpc) is 2.67. The second kappa shape index (κ2) is 9.36. The molecule has 0 saturated heterocycles. The van der Waals surface area contributed by atoms with Crippen LogP contribution in [0, 0.1) is 0 Å². The van der Waals surface area contributed by atoms with Crippen LogP contribution in [0.5, 0.6) is 11.5 Å². The maximum atomic E-state index is 6.15. The van der Waals surface area contributed by atoms with E-state index in [0.29, 0.717) is 23.9 Å². The Hall–Kier alpha value is -1.88. The largest absolute Gasteiger partial charge is 0.495 e. The van der Waals surface area contributed by atoms with Gasteiger partial charge in [0.05, 0.1) is 16.6 Å². The first-order chi connectivity index (χ1) is 13.0. The molecule has 0 heterocycles. The number of ether oxygens (including phenoxy) is 2. The lowest BCUT2D eigenvalue weighted by Crippen LogP contribution is -2.01. The molecule has 0 unspecified atom stereocenters. The van der Waals surface area contributed by atoms with Crippen molar-refractivity contribution < 1.29 is 9.47 Å². The topological polar surface area (TPSA) is 30.5 Å². The zero-order chi connectivity index (χ0) is 19.2. The molecule has 27 heavy (non-hydrogen) atoms. The van der Waals surface area contributed by atoms with Crippen LogP contribution in [0.2, 0.25) is 10.0 Å². The van der Waals surface area contributed by atoms with Gasteiger partial charge in [-0.3, -0.25) is 0 Å². The molecule has 0 spiro atoms. The number of hydrogen-bond donors (Lipinski definition) is 1. The van der Waals surface area contributed by atoms with Crippen molar-refractivity contribution in [2.24, 2.45) is 0 Å². The Labute approximate surface area is 177 Å². The van der Waals surface area contributed by atoms with Gasteiger partial charge in [0.1, 0.15) is 18.1 Å².